The van der Waals surface area contributed by atoms with Crippen molar-refractivity contribution in [1.29, 1.82) is 0 Å². The van der Waals surface area contributed by atoms with Crippen LogP contribution in [0.2, 0.25) is 5.02 Å². The predicted molar refractivity (Wildman–Crippen MR) is 97.8 cm³/mol. The molecule has 0 saturated carbocycles. The van der Waals surface area contributed by atoms with E-state index >= 15 is 0 Å². The molecule has 128 valence electrons. The molecule has 0 unspecified atom stereocenters. The summed E-state index contributed by atoms with van der Waals surface area (Å²) < 4.78 is 27.0. The third-order valence-corrected chi connectivity index (χ3v) is 6.83. The number of aryl methyl sites for hydroxylation is 1. The highest BCUT2D eigenvalue weighted by Crippen LogP contribution is 2.26. The van der Waals surface area contributed by atoms with Crippen LogP contribution in [0.5, 0.6) is 0 Å². The lowest BCUT2D eigenvalue weighted by Gasteiger charge is -2.31. The van der Waals surface area contributed by atoms with Crippen LogP contribution < -0.4 is 0 Å². The standard InChI is InChI=1S/C19H22ClNO2S/c1-15-2-4-16(5-3-15)14-17-10-12-21(13-11-17)24(22,23)19-8-6-18(20)7-9-19/h2-9,17H,10-14H2,1H3. The van der Waals surface area contributed by atoms with Crippen LogP contribution in [0, 0.1) is 12.8 Å². The summed E-state index contributed by atoms with van der Waals surface area (Å²) in [5.41, 5.74) is 2.60. The molecule has 1 aliphatic rings. The van der Waals surface area contributed by atoms with E-state index in [0.717, 1.165) is 19.3 Å². The molecule has 0 atom stereocenters. The van der Waals surface area contributed by atoms with E-state index in [2.05, 4.69) is 31.2 Å². The van der Waals surface area contributed by atoms with Crippen LogP contribution in [0.15, 0.2) is 53.4 Å². The van der Waals surface area contributed by atoms with Crippen LogP contribution in [0.4, 0.5) is 0 Å². The molecule has 1 aliphatic heterocycles. The van der Waals surface area contributed by atoms with E-state index in [1.165, 1.54) is 11.1 Å². The molecule has 0 amide bonds. The lowest BCUT2D eigenvalue weighted by molar-refractivity contribution is 0.273. The zero-order valence-electron chi connectivity index (χ0n) is 13.8. The van der Waals surface area contributed by atoms with Crippen molar-refractivity contribution < 1.29 is 8.42 Å². The van der Waals surface area contributed by atoms with Crippen LogP contribution in [0.1, 0.15) is 24.0 Å². The highest BCUT2D eigenvalue weighted by molar-refractivity contribution is 7.89. The molecule has 3 nitrogen and oxygen atoms in total. The van der Waals surface area contributed by atoms with E-state index in [-0.39, 0.29) is 0 Å². The first kappa shape index (κ1) is 17.5. The molecule has 3 rings (SSSR count). The van der Waals surface area contributed by atoms with Crippen molar-refractivity contribution in [3.8, 4) is 0 Å². The van der Waals surface area contributed by atoms with Crippen LogP contribution in [-0.2, 0) is 16.4 Å². The Kier molecular flexibility index (Phi) is 5.28. The fraction of sp³-hybridized carbons (Fsp3) is 0.368. The Bertz CT molecular complexity index is 777. The van der Waals surface area contributed by atoms with Crippen LogP contribution in [0.3, 0.4) is 0 Å². The molecule has 0 radical (unpaired) electrons. The average molecular weight is 364 g/mol. The number of nitrogens with zero attached hydrogens (tertiary/aromatic N) is 1. The van der Waals surface area contributed by atoms with Crippen molar-refractivity contribution in [2.75, 3.05) is 13.1 Å². The fourth-order valence-corrected chi connectivity index (χ4v) is 4.76. The molecule has 24 heavy (non-hydrogen) atoms. The quantitative estimate of drug-likeness (QED) is 0.812. The highest BCUT2D eigenvalue weighted by Gasteiger charge is 2.29. The van der Waals surface area contributed by atoms with Gasteiger partial charge in [-0.15, -0.1) is 0 Å². The molecule has 2 aromatic carbocycles. The smallest absolute Gasteiger partial charge is 0.207 e. The zero-order chi connectivity index (χ0) is 17.2. The summed E-state index contributed by atoms with van der Waals surface area (Å²) in [7, 11) is -3.41. The summed E-state index contributed by atoms with van der Waals surface area (Å²) in [6.45, 7) is 3.26. The van der Waals surface area contributed by atoms with Crippen molar-refractivity contribution in [3.05, 3.63) is 64.7 Å². The SMILES string of the molecule is Cc1ccc(CC2CCN(S(=O)(=O)c3ccc(Cl)cc3)CC2)cc1. The molecular weight excluding hydrogens is 342 g/mol. The Hall–Kier alpha value is -1.36. The van der Waals surface area contributed by atoms with Gasteiger partial charge < -0.3 is 0 Å². The molecule has 1 saturated heterocycles. The second-order valence-electron chi connectivity index (χ2n) is 6.49. The summed E-state index contributed by atoms with van der Waals surface area (Å²) in [6, 6.07) is 15.0. The molecule has 5 heteroatoms. The van der Waals surface area contributed by atoms with Crippen molar-refractivity contribution in [2.45, 2.75) is 31.1 Å². The summed E-state index contributed by atoms with van der Waals surface area (Å²) in [5, 5.41) is 0.547. The van der Waals surface area contributed by atoms with Gasteiger partial charge in [0.15, 0.2) is 0 Å². The summed E-state index contributed by atoms with van der Waals surface area (Å²) in [6.07, 6.45) is 2.83. The lowest BCUT2D eigenvalue weighted by Crippen LogP contribution is -2.38. The number of piperidine rings is 1. The summed E-state index contributed by atoms with van der Waals surface area (Å²) in [4.78, 5) is 0.323. The van der Waals surface area contributed by atoms with Crippen LogP contribution in [-0.4, -0.2) is 25.8 Å². The third-order valence-electron chi connectivity index (χ3n) is 4.67. The zero-order valence-corrected chi connectivity index (χ0v) is 15.4. The molecule has 0 bridgehead atoms. The van der Waals surface area contributed by atoms with Gasteiger partial charge in [-0.2, -0.15) is 4.31 Å². The van der Waals surface area contributed by atoms with E-state index in [9.17, 15) is 8.42 Å². The number of benzene rings is 2. The maximum Gasteiger partial charge on any atom is 0.243 e. The Morgan fingerprint density at radius 1 is 1.00 bits per heavy atom. The first-order valence-corrected chi connectivity index (χ1v) is 10.1. The van der Waals surface area contributed by atoms with E-state index in [1.807, 2.05) is 0 Å². The third kappa shape index (κ3) is 4.00. The fourth-order valence-electron chi connectivity index (χ4n) is 3.17. The lowest BCUT2D eigenvalue weighted by atomic mass is 9.91. The first-order valence-electron chi connectivity index (χ1n) is 8.26. The van der Waals surface area contributed by atoms with Crippen molar-refractivity contribution in [1.82, 2.24) is 4.31 Å². The average Bonchev–Trinajstić information content (AvgIpc) is 2.58. The number of hydrogen-bond donors (Lipinski definition) is 0. The molecular formula is C19H22ClNO2S. The second kappa shape index (κ2) is 7.26. The van der Waals surface area contributed by atoms with Gasteiger partial charge in [0.2, 0.25) is 10.0 Å². The minimum atomic E-state index is -3.41. The molecule has 2 aromatic rings. The van der Waals surface area contributed by atoms with E-state index in [1.54, 1.807) is 28.6 Å². The normalized spacial score (nSPS) is 17.1. The minimum Gasteiger partial charge on any atom is -0.207 e. The first-order chi connectivity index (χ1) is 11.4. The molecule has 1 fully saturated rings. The number of hydrogen-bond acceptors (Lipinski definition) is 2. The molecule has 1 heterocycles. The van der Waals surface area contributed by atoms with E-state index < -0.39 is 10.0 Å². The van der Waals surface area contributed by atoms with Gasteiger partial charge in [0, 0.05) is 18.1 Å². The van der Waals surface area contributed by atoms with Crippen LogP contribution in [0.25, 0.3) is 0 Å². The van der Waals surface area contributed by atoms with E-state index in [4.69, 9.17) is 11.6 Å². The van der Waals surface area contributed by atoms with Gasteiger partial charge >= 0.3 is 0 Å². The van der Waals surface area contributed by atoms with Crippen molar-refractivity contribution in [2.24, 2.45) is 5.92 Å². The predicted octanol–water partition coefficient (Wildman–Crippen LogP) is 4.29. The Morgan fingerprint density at radius 2 is 1.58 bits per heavy atom. The van der Waals surface area contributed by atoms with Gasteiger partial charge in [-0.1, -0.05) is 41.4 Å². The van der Waals surface area contributed by atoms with Gasteiger partial charge in [0.25, 0.3) is 0 Å². The van der Waals surface area contributed by atoms with Crippen LogP contribution >= 0.6 is 11.6 Å². The second-order valence-corrected chi connectivity index (χ2v) is 8.87. The molecule has 0 aromatic heterocycles. The Labute approximate surface area is 149 Å². The number of halogens is 1. The van der Waals surface area contributed by atoms with Crippen molar-refractivity contribution in [3.63, 3.8) is 0 Å². The van der Waals surface area contributed by atoms with E-state index in [0.29, 0.717) is 28.9 Å². The number of rotatable bonds is 4. The maximum absolute atomic E-state index is 12.7. The van der Waals surface area contributed by atoms with Gasteiger partial charge in [-0.05, 0) is 61.9 Å². The topological polar surface area (TPSA) is 37.4 Å². The molecule has 0 spiro atoms. The van der Waals surface area contributed by atoms with Gasteiger partial charge in [-0.3, -0.25) is 0 Å². The minimum absolute atomic E-state index is 0.323. The van der Waals surface area contributed by atoms with Gasteiger partial charge in [0.1, 0.15) is 0 Å². The number of sulfonamides is 1. The summed E-state index contributed by atoms with van der Waals surface area (Å²) >= 11 is 5.84. The van der Waals surface area contributed by atoms with Gasteiger partial charge in [-0.25, -0.2) is 8.42 Å². The maximum atomic E-state index is 12.7. The monoisotopic (exact) mass is 363 g/mol. The summed E-state index contributed by atoms with van der Waals surface area (Å²) in [5.74, 6) is 0.546. The Balaban J connectivity index is 1.62. The van der Waals surface area contributed by atoms with Gasteiger partial charge in [0.05, 0.1) is 4.90 Å². The highest BCUT2D eigenvalue weighted by atomic mass is 35.5. The molecule has 0 N–H and O–H groups in total. The van der Waals surface area contributed by atoms with Crippen molar-refractivity contribution >= 4 is 21.6 Å². The molecule has 0 aliphatic carbocycles. The Morgan fingerprint density at radius 3 is 2.17 bits per heavy atom. The largest absolute Gasteiger partial charge is 0.243 e.